The molecule has 3 aromatic rings. The first-order valence-electron chi connectivity index (χ1n) is 5.79. The first-order chi connectivity index (χ1) is 8.88. The molecule has 2 heterocycles. The van der Waals surface area contributed by atoms with Crippen LogP contribution in [-0.2, 0) is 4.74 Å². The maximum Gasteiger partial charge on any atom is 0.118 e. The average Bonchev–Trinajstić information content (AvgIpc) is 2.93. The van der Waals surface area contributed by atoms with Crippen LogP contribution in [0.5, 0.6) is 0 Å². The van der Waals surface area contributed by atoms with Gasteiger partial charge < -0.3 is 4.74 Å². The lowest BCUT2D eigenvalue weighted by atomic mass is 10.1. The Bertz CT molecular complexity index is 648. The molecule has 0 amide bonds. The fraction of sp³-hybridized carbons (Fsp3) is 0.133. The Labute approximate surface area is 110 Å². The van der Waals surface area contributed by atoms with Crippen molar-refractivity contribution in [3.8, 4) is 0 Å². The van der Waals surface area contributed by atoms with E-state index in [9.17, 15) is 0 Å². The van der Waals surface area contributed by atoms with Gasteiger partial charge in [0, 0.05) is 29.1 Å². The van der Waals surface area contributed by atoms with Crippen molar-refractivity contribution in [2.45, 2.75) is 6.10 Å². The van der Waals surface area contributed by atoms with Crippen LogP contribution in [0.2, 0.25) is 0 Å². The summed E-state index contributed by atoms with van der Waals surface area (Å²) >= 11 is 1.70. The molecule has 0 spiro atoms. The van der Waals surface area contributed by atoms with Crippen LogP contribution in [-0.4, -0.2) is 12.1 Å². The molecule has 90 valence electrons. The van der Waals surface area contributed by atoms with Crippen molar-refractivity contribution in [2.75, 3.05) is 7.11 Å². The number of hydrogen-bond donors (Lipinski definition) is 0. The van der Waals surface area contributed by atoms with Crippen molar-refractivity contribution in [3.63, 3.8) is 0 Å². The summed E-state index contributed by atoms with van der Waals surface area (Å²) in [5.74, 6) is 0. The van der Waals surface area contributed by atoms with Crippen LogP contribution in [0.15, 0.2) is 54.0 Å². The third-order valence-corrected chi connectivity index (χ3v) is 3.87. The molecule has 0 bridgehead atoms. The molecule has 0 N–H and O–H groups in total. The second kappa shape index (κ2) is 4.88. The lowest BCUT2D eigenvalue weighted by molar-refractivity contribution is 0.139. The molecule has 18 heavy (non-hydrogen) atoms. The Hall–Kier alpha value is -1.71. The summed E-state index contributed by atoms with van der Waals surface area (Å²) in [6, 6.07) is 14.4. The zero-order valence-corrected chi connectivity index (χ0v) is 10.9. The van der Waals surface area contributed by atoms with E-state index >= 15 is 0 Å². The van der Waals surface area contributed by atoms with Crippen LogP contribution in [0.3, 0.4) is 0 Å². The first kappa shape index (κ1) is 11.4. The Kier molecular flexibility index (Phi) is 3.09. The largest absolute Gasteiger partial charge is 0.371 e. The van der Waals surface area contributed by atoms with Gasteiger partial charge in [-0.15, -0.1) is 11.3 Å². The Balaban J connectivity index is 2.07. The van der Waals surface area contributed by atoms with E-state index in [0.717, 1.165) is 16.5 Å². The molecule has 0 aliphatic rings. The lowest BCUT2D eigenvalue weighted by Gasteiger charge is -2.14. The summed E-state index contributed by atoms with van der Waals surface area (Å²) in [5, 5.41) is 3.21. The summed E-state index contributed by atoms with van der Waals surface area (Å²) in [6.45, 7) is 0. The van der Waals surface area contributed by atoms with Gasteiger partial charge in [0.25, 0.3) is 0 Å². The van der Waals surface area contributed by atoms with Gasteiger partial charge in [-0.25, -0.2) is 0 Å². The molecular weight excluding hydrogens is 242 g/mol. The van der Waals surface area contributed by atoms with Gasteiger partial charge >= 0.3 is 0 Å². The van der Waals surface area contributed by atoms with Crippen molar-refractivity contribution < 1.29 is 4.74 Å². The summed E-state index contributed by atoms with van der Waals surface area (Å²) < 4.78 is 5.60. The monoisotopic (exact) mass is 255 g/mol. The Morgan fingerprint density at radius 1 is 1.17 bits per heavy atom. The molecule has 0 radical (unpaired) electrons. The highest BCUT2D eigenvalue weighted by atomic mass is 32.1. The molecule has 3 heteroatoms. The molecule has 1 aromatic carbocycles. The highest BCUT2D eigenvalue weighted by Crippen LogP contribution is 2.29. The number of rotatable bonds is 3. The first-order valence-corrected chi connectivity index (χ1v) is 6.67. The SMILES string of the molecule is COC(c1cnc2ccccc2c1)c1cccs1. The second-order valence-electron chi connectivity index (χ2n) is 4.09. The van der Waals surface area contributed by atoms with Crippen molar-refractivity contribution in [3.05, 3.63) is 64.5 Å². The van der Waals surface area contributed by atoms with E-state index in [2.05, 4.69) is 28.6 Å². The average molecular weight is 255 g/mol. The fourth-order valence-electron chi connectivity index (χ4n) is 2.09. The zero-order chi connectivity index (χ0) is 12.4. The molecule has 0 fully saturated rings. The van der Waals surface area contributed by atoms with Crippen LogP contribution < -0.4 is 0 Å². The lowest BCUT2D eigenvalue weighted by Crippen LogP contribution is -2.02. The maximum atomic E-state index is 5.60. The number of hydrogen-bond acceptors (Lipinski definition) is 3. The summed E-state index contributed by atoms with van der Waals surface area (Å²) in [4.78, 5) is 5.69. The van der Waals surface area contributed by atoms with Crippen molar-refractivity contribution in [1.29, 1.82) is 0 Å². The number of fused-ring (bicyclic) bond motifs is 1. The van der Waals surface area contributed by atoms with E-state index in [1.165, 1.54) is 4.88 Å². The van der Waals surface area contributed by atoms with Crippen LogP contribution in [0.4, 0.5) is 0 Å². The number of benzene rings is 1. The molecule has 0 aliphatic heterocycles. The predicted octanol–water partition coefficient (Wildman–Crippen LogP) is 4.03. The molecule has 3 rings (SSSR count). The highest BCUT2D eigenvalue weighted by Gasteiger charge is 2.14. The molecule has 1 unspecified atom stereocenters. The number of aromatic nitrogens is 1. The van der Waals surface area contributed by atoms with Crippen molar-refractivity contribution >= 4 is 22.2 Å². The standard InChI is InChI=1S/C15H13NOS/c1-17-15(14-7-4-8-18-14)12-9-11-5-2-3-6-13(11)16-10-12/h2-10,15H,1H3. The van der Waals surface area contributed by atoms with Gasteiger partial charge in [-0.05, 0) is 23.6 Å². The molecule has 2 aromatic heterocycles. The van der Waals surface area contributed by atoms with E-state index in [0.29, 0.717) is 0 Å². The number of thiophene rings is 1. The number of nitrogens with zero attached hydrogens (tertiary/aromatic N) is 1. The predicted molar refractivity (Wildman–Crippen MR) is 74.9 cm³/mol. The molecule has 2 nitrogen and oxygen atoms in total. The third-order valence-electron chi connectivity index (χ3n) is 2.95. The van der Waals surface area contributed by atoms with Crippen LogP contribution >= 0.6 is 11.3 Å². The smallest absolute Gasteiger partial charge is 0.118 e. The van der Waals surface area contributed by atoms with Gasteiger partial charge in [0.2, 0.25) is 0 Å². The van der Waals surface area contributed by atoms with Crippen LogP contribution in [0.25, 0.3) is 10.9 Å². The number of methoxy groups -OCH3 is 1. The van der Waals surface area contributed by atoms with Crippen molar-refractivity contribution in [2.24, 2.45) is 0 Å². The van der Waals surface area contributed by atoms with Gasteiger partial charge in [0.1, 0.15) is 6.10 Å². The van der Waals surface area contributed by atoms with E-state index in [1.54, 1.807) is 18.4 Å². The van der Waals surface area contributed by atoms with Crippen molar-refractivity contribution in [1.82, 2.24) is 4.98 Å². The van der Waals surface area contributed by atoms with Gasteiger partial charge in [0.15, 0.2) is 0 Å². The minimum atomic E-state index is -0.0258. The topological polar surface area (TPSA) is 22.1 Å². The summed E-state index contributed by atoms with van der Waals surface area (Å²) in [7, 11) is 1.74. The highest BCUT2D eigenvalue weighted by molar-refractivity contribution is 7.10. The minimum Gasteiger partial charge on any atom is -0.371 e. The van der Waals surface area contributed by atoms with Crippen LogP contribution in [0, 0.1) is 0 Å². The normalized spacial score (nSPS) is 12.7. The molecule has 0 saturated heterocycles. The minimum absolute atomic E-state index is 0.0258. The van der Waals surface area contributed by atoms with E-state index in [1.807, 2.05) is 30.5 Å². The number of ether oxygens (including phenoxy) is 1. The van der Waals surface area contributed by atoms with Gasteiger partial charge in [-0.1, -0.05) is 24.3 Å². The molecule has 0 saturated carbocycles. The van der Waals surface area contributed by atoms with Gasteiger partial charge in [-0.3, -0.25) is 4.98 Å². The van der Waals surface area contributed by atoms with Gasteiger partial charge in [0.05, 0.1) is 5.52 Å². The molecular formula is C15H13NOS. The number of para-hydroxylation sites is 1. The Morgan fingerprint density at radius 2 is 2.06 bits per heavy atom. The van der Waals surface area contributed by atoms with Gasteiger partial charge in [-0.2, -0.15) is 0 Å². The van der Waals surface area contributed by atoms with E-state index < -0.39 is 0 Å². The molecule has 1 atom stereocenters. The fourth-order valence-corrected chi connectivity index (χ4v) is 2.92. The summed E-state index contributed by atoms with van der Waals surface area (Å²) in [5.41, 5.74) is 2.11. The number of pyridine rings is 1. The quantitative estimate of drug-likeness (QED) is 0.705. The third kappa shape index (κ3) is 2.03. The van der Waals surface area contributed by atoms with E-state index in [-0.39, 0.29) is 6.10 Å². The summed E-state index contributed by atoms with van der Waals surface area (Å²) in [6.07, 6.45) is 1.87. The second-order valence-corrected chi connectivity index (χ2v) is 5.07. The Morgan fingerprint density at radius 3 is 2.83 bits per heavy atom. The van der Waals surface area contributed by atoms with E-state index in [4.69, 9.17) is 4.74 Å². The van der Waals surface area contributed by atoms with Crippen LogP contribution in [0.1, 0.15) is 16.5 Å². The maximum absolute atomic E-state index is 5.60. The molecule has 0 aliphatic carbocycles. The zero-order valence-electron chi connectivity index (χ0n) is 10.0.